The topological polar surface area (TPSA) is 64.7 Å². The SMILES string of the molecule is CC(C)(C)c1cc(N)nc(-c2ccc(F)cn2)n1. The lowest BCUT2D eigenvalue weighted by Crippen LogP contribution is -2.15. The molecule has 0 aliphatic heterocycles. The maximum atomic E-state index is 12.8. The van der Waals surface area contributed by atoms with Crippen molar-refractivity contribution >= 4 is 5.82 Å². The second kappa shape index (κ2) is 4.33. The molecule has 2 N–H and O–H groups in total. The second-order valence-corrected chi connectivity index (χ2v) is 5.11. The van der Waals surface area contributed by atoms with Crippen LogP contribution in [0.15, 0.2) is 24.4 Å². The van der Waals surface area contributed by atoms with E-state index >= 15 is 0 Å². The highest BCUT2D eigenvalue weighted by molar-refractivity contribution is 5.52. The van der Waals surface area contributed by atoms with Crippen LogP contribution in [0.5, 0.6) is 0 Å². The van der Waals surface area contributed by atoms with E-state index in [0.717, 1.165) is 11.9 Å². The lowest BCUT2D eigenvalue weighted by molar-refractivity contribution is 0.568. The zero-order valence-electron chi connectivity index (χ0n) is 10.6. The highest BCUT2D eigenvalue weighted by Gasteiger charge is 2.18. The van der Waals surface area contributed by atoms with Gasteiger partial charge in [0.1, 0.15) is 17.3 Å². The Balaban J connectivity index is 2.52. The predicted octanol–water partition coefficient (Wildman–Crippen LogP) is 2.56. The lowest BCUT2D eigenvalue weighted by atomic mass is 9.92. The Bertz CT molecular complexity index is 558. The fraction of sp³-hybridized carbons (Fsp3) is 0.308. The highest BCUT2D eigenvalue weighted by Crippen LogP contribution is 2.24. The first kappa shape index (κ1) is 12.4. The van der Waals surface area contributed by atoms with E-state index in [-0.39, 0.29) is 5.41 Å². The number of aromatic nitrogens is 3. The molecule has 0 unspecified atom stereocenters. The van der Waals surface area contributed by atoms with Gasteiger partial charge in [0.25, 0.3) is 0 Å². The minimum Gasteiger partial charge on any atom is -0.384 e. The van der Waals surface area contributed by atoms with Gasteiger partial charge in [0.15, 0.2) is 5.82 Å². The number of nitrogen functional groups attached to an aromatic ring is 1. The lowest BCUT2D eigenvalue weighted by Gasteiger charge is -2.18. The quantitative estimate of drug-likeness (QED) is 0.839. The van der Waals surface area contributed by atoms with Crippen LogP contribution >= 0.6 is 0 Å². The van der Waals surface area contributed by atoms with Gasteiger partial charge in [0, 0.05) is 11.5 Å². The molecule has 0 amide bonds. The summed E-state index contributed by atoms with van der Waals surface area (Å²) in [6.45, 7) is 6.12. The van der Waals surface area contributed by atoms with E-state index in [2.05, 4.69) is 15.0 Å². The van der Waals surface area contributed by atoms with Crippen LogP contribution < -0.4 is 5.73 Å². The third kappa shape index (κ3) is 2.61. The molecule has 0 fully saturated rings. The van der Waals surface area contributed by atoms with Crippen molar-refractivity contribution in [3.05, 3.63) is 35.9 Å². The summed E-state index contributed by atoms with van der Waals surface area (Å²) in [6.07, 6.45) is 1.14. The highest BCUT2D eigenvalue weighted by atomic mass is 19.1. The number of pyridine rings is 1. The Morgan fingerprint density at radius 2 is 1.89 bits per heavy atom. The van der Waals surface area contributed by atoms with Gasteiger partial charge in [0.05, 0.1) is 11.9 Å². The molecule has 18 heavy (non-hydrogen) atoms. The van der Waals surface area contributed by atoms with E-state index in [0.29, 0.717) is 17.3 Å². The van der Waals surface area contributed by atoms with Crippen molar-refractivity contribution in [1.29, 1.82) is 0 Å². The van der Waals surface area contributed by atoms with Crippen molar-refractivity contribution < 1.29 is 4.39 Å². The van der Waals surface area contributed by atoms with Gasteiger partial charge in [-0.1, -0.05) is 20.8 Å². The zero-order valence-corrected chi connectivity index (χ0v) is 10.6. The molecule has 2 aromatic rings. The minimum absolute atomic E-state index is 0.133. The average Bonchev–Trinajstić information content (AvgIpc) is 2.28. The molecule has 0 bridgehead atoms. The Morgan fingerprint density at radius 3 is 2.44 bits per heavy atom. The number of nitrogens with two attached hydrogens (primary N) is 1. The summed E-state index contributed by atoms with van der Waals surface area (Å²) in [4.78, 5) is 12.5. The van der Waals surface area contributed by atoms with Gasteiger partial charge >= 0.3 is 0 Å². The van der Waals surface area contributed by atoms with E-state index in [1.54, 1.807) is 6.07 Å². The molecule has 2 aromatic heterocycles. The predicted molar refractivity (Wildman–Crippen MR) is 68.3 cm³/mol. The van der Waals surface area contributed by atoms with Crippen LogP contribution in [0, 0.1) is 5.82 Å². The van der Waals surface area contributed by atoms with Gasteiger partial charge in [-0.2, -0.15) is 0 Å². The molecule has 0 aliphatic carbocycles. The molecular weight excluding hydrogens is 231 g/mol. The van der Waals surface area contributed by atoms with E-state index in [9.17, 15) is 4.39 Å². The summed E-state index contributed by atoms with van der Waals surface area (Å²) in [7, 11) is 0. The molecule has 2 rings (SSSR count). The molecule has 2 heterocycles. The van der Waals surface area contributed by atoms with E-state index in [4.69, 9.17) is 5.73 Å². The van der Waals surface area contributed by atoms with Crippen molar-refractivity contribution in [2.45, 2.75) is 26.2 Å². The Morgan fingerprint density at radius 1 is 1.17 bits per heavy atom. The number of anilines is 1. The maximum Gasteiger partial charge on any atom is 0.180 e. The Kier molecular flexibility index (Phi) is 2.98. The zero-order chi connectivity index (χ0) is 13.3. The summed E-state index contributed by atoms with van der Waals surface area (Å²) in [5, 5.41) is 0. The first-order valence-electron chi connectivity index (χ1n) is 5.63. The number of hydrogen-bond donors (Lipinski definition) is 1. The number of halogens is 1. The number of rotatable bonds is 1. The minimum atomic E-state index is -0.390. The largest absolute Gasteiger partial charge is 0.384 e. The van der Waals surface area contributed by atoms with Gasteiger partial charge < -0.3 is 5.73 Å². The molecule has 0 spiro atoms. The van der Waals surface area contributed by atoms with E-state index < -0.39 is 5.82 Å². The molecule has 0 aromatic carbocycles. The normalized spacial score (nSPS) is 11.6. The molecule has 0 saturated heterocycles. The average molecular weight is 246 g/mol. The third-order valence-corrected chi connectivity index (χ3v) is 2.47. The molecular formula is C13H15FN4. The van der Waals surface area contributed by atoms with Crippen LogP contribution in [0.2, 0.25) is 0 Å². The van der Waals surface area contributed by atoms with Crippen molar-refractivity contribution in [3.8, 4) is 11.5 Å². The van der Waals surface area contributed by atoms with Crippen molar-refractivity contribution in [3.63, 3.8) is 0 Å². The molecule has 0 radical (unpaired) electrons. The summed E-state index contributed by atoms with van der Waals surface area (Å²) in [5.41, 5.74) is 6.98. The number of hydrogen-bond acceptors (Lipinski definition) is 4. The molecule has 0 saturated carbocycles. The maximum absolute atomic E-state index is 12.8. The second-order valence-electron chi connectivity index (χ2n) is 5.11. The smallest absolute Gasteiger partial charge is 0.180 e. The fourth-order valence-corrected chi connectivity index (χ4v) is 1.47. The summed E-state index contributed by atoms with van der Waals surface area (Å²) in [5.74, 6) is 0.412. The van der Waals surface area contributed by atoms with Gasteiger partial charge in [-0.15, -0.1) is 0 Å². The third-order valence-electron chi connectivity index (χ3n) is 2.47. The van der Waals surface area contributed by atoms with Crippen LogP contribution in [-0.2, 0) is 5.41 Å². The molecule has 0 atom stereocenters. The van der Waals surface area contributed by atoms with Crippen LogP contribution in [0.3, 0.4) is 0 Å². The van der Waals surface area contributed by atoms with Gasteiger partial charge in [0.2, 0.25) is 0 Å². The standard InChI is InChI=1S/C13H15FN4/c1-13(2,3)10-6-11(15)18-12(17-10)9-5-4-8(14)7-16-9/h4-7H,1-3H3,(H2,15,17,18). The summed E-state index contributed by atoms with van der Waals surface area (Å²) >= 11 is 0. The van der Waals surface area contributed by atoms with Crippen LogP contribution in [0.4, 0.5) is 10.2 Å². The van der Waals surface area contributed by atoms with Gasteiger partial charge in [-0.05, 0) is 12.1 Å². The first-order valence-corrected chi connectivity index (χ1v) is 5.63. The van der Waals surface area contributed by atoms with E-state index in [1.165, 1.54) is 12.1 Å². The van der Waals surface area contributed by atoms with E-state index in [1.807, 2.05) is 20.8 Å². The van der Waals surface area contributed by atoms with Crippen LogP contribution in [0.25, 0.3) is 11.5 Å². The van der Waals surface area contributed by atoms with Gasteiger partial charge in [-0.25, -0.2) is 19.3 Å². The summed E-state index contributed by atoms with van der Waals surface area (Å²) < 4.78 is 12.8. The first-order chi connectivity index (χ1) is 8.36. The van der Waals surface area contributed by atoms with Crippen molar-refractivity contribution in [2.75, 3.05) is 5.73 Å². The molecule has 4 nitrogen and oxygen atoms in total. The molecule has 94 valence electrons. The molecule has 0 aliphatic rings. The fourth-order valence-electron chi connectivity index (χ4n) is 1.47. The monoisotopic (exact) mass is 246 g/mol. The number of nitrogens with zero attached hydrogens (tertiary/aromatic N) is 3. The van der Waals surface area contributed by atoms with Crippen LogP contribution in [-0.4, -0.2) is 15.0 Å². The molecule has 5 heteroatoms. The Hall–Kier alpha value is -2.04. The van der Waals surface area contributed by atoms with Crippen molar-refractivity contribution in [2.24, 2.45) is 0 Å². The van der Waals surface area contributed by atoms with Crippen LogP contribution in [0.1, 0.15) is 26.5 Å². The summed E-state index contributed by atoms with van der Waals surface area (Å²) in [6, 6.07) is 4.61. The van der Waals surface area contributed by atoms with Crippen molar-refractivity contribution in [1.82, 2.24) is 15.0 Å². The van der Waals surface area contributed by atoms with Gasteiger partial charge in [-0.3, -0.25) is 0 Å². The Labute approximate surface area is 105 Å².